The molecule has 11 heteroatoms. The van der Waals surface area contributed by atoms with Gasteiger partial charge in [-0.1, -0.05) is 6.07 Å². The molecule has 2 heterocycles. The Morgan fingerprint density at radius 2 is 2.10 bits per heavy atom. The zero-order valence-electron chi connectivity index (χ0n) is 16.1. The van der Waals surface area contributed by atoms with Crippen LogP contribution in [0.3, 0.4) is 0 Å². The minimum Gasteiger partial charge on any atom is -0.437 e. The summed E-state index contributed by atoms with van der Waals surface area (Å²) in [6.45, 7) is 1.56. The highest BCUT2D eigenvalue weighted by Crippen LogP contribution is 2.27. The van der Waals surface area contributed by atoms with Crippen LogP contribution in [0.2, 0.25) is 0 Å². The van der Waals surface area contributed by atoms with Crippen molar-refractivity contribution in [1.82, 2.24) is 9.97 Å². The number of Topliss-reactive ketones (excluding diaryl/α,β-unsaturated/α-hetero) is 1. The molecule has 0 bridgehead atoms. The third-order valence-corrected chi connectivity index (χ3v) is 4.90. The molecule has 1 atom stereocenters. The van der Waals surface area contributed by atoms with Crippen molar-refractivity contribution < 1.29 is 37.5 Å². The normalized spacial score (nSPS) is 14.5. The number of aliphatic hydroxyl groups excluding tert-OH is 1. The summed E-state index contributed by atoms with van der Waals surface area (Å²) in [6.07, 6.45) is -3.60. The number of ketones is 1. The van der Waals surface area contributed by atoms with E-state index in [1.807, 2.05) is 0 Å². The lowest BCUT2D eigenvalue weighted by atomic mass is 9.76. The maximum absolute atomic E-state index is 12.3. The highest BCUT2D eigenvalue weighted by molar-refractivity contribution is 6.62. The number of carbonyl (C=O) groups is 1. The predicted molar refractivity (Wildman–Crippen MR) is 100 cm³/mol. The summed E-state index contributed by atoms with van der Waals surface area (Å²) in [6, 6.07) is 3.48. The van der Waals surface area contributed by atoms with Crippen LogP contribution in [-0.2, 0) is 11.3 Å². The lowest BCUT2D eigenvalue weighted by molar-refractivity contribution is -0.138. The molecule has 0 saturated heterocycles. The Hall–Kier alpha value is -2.50. The zero-order chi connectivity index (χ0) is 21.9. The summed E-state index contributed by atoms with van der Waals surface area (Å²) < 4.78 is 47.9. The van der Waals surface area contributed by atoms with Crippen LogP contribution in [0.1, 0.15) is 40.9 Å². The van der Waals surface area contributed by atoms with Gasteiger partial charge in [-0.15, -0.1) is 0 Å². The number of halogens is 3. The SMILES string of the molecule is Cc1c(Oc2cnc(C(=O)C[C@@H](CO)CCC(F)(F)F)cn2)ccc2c1B(O)OC2. The fraction of sp³-hybridized carbons (Fsp3) is 0.421. The number of nitrogens with zero attached hydrogens (tertiary/aromatic N) is 2. The average molecular weight is 424 g/mol. The van der Waals surface area contributed by atoms with Crippen molar-refractivity contribution in [3.63, 3.8) is 0 Å². The van der Waals surface area contributed by atoms with E-state index in [1.165, 1.54) is 12.4 Å². The van der Waals surface area contributed by atoms with E-state index in [0.29, 0.717) is 23.4 Å². The number of aliphatic hydroxyl groups is 1. The highest BCUT2D eigenvalue weighted by atomic mass is 19.4. The molecule has 1 aliphatic heterocycles. The summed E-state index contributed by atoms with van der Waals surface area (Å²) in [4.78, 5) is 20.2. The molecule has 7 nitrogen and oxygen atoms in total. The van der Waals surface area contributed by atoms with Gasteiger partial charge in [0.15, 0.2) is 5.78 Å². The van der Waals surface area contributed by atoms with E-state index in [2.05, 4.69) is 9.97 Å². The first-order valence-electron chi connectivity index (χ1n) is 9.30. The Morgan fingerprint density at radius 3 is 2.73 bits per heavy atom. The molecule has 30 heavy (non-hydrogen) atoms. The van der Waals surface area contributed by atoms with Crippen molar-refractivity contribution in [2.24, 2.45) is 5.92 Å². The largest absolute Gasteiger partial charge is 0.492 e. The van der Waals surface area contributed by atoms with E-state index in [1.54, 1.807) is 19.1 Å². The lowest BCUT2D eigenvalue weighted by Crippen LogP contribution is -2.30. The maximum atomic E-state index is 12.3. The van der Waals surface area contributed by atoms with E-state index in [0.717, 1.165) is 5.56 Å². The van der Waals surface area contributed by atoms with Gasteiger partial charge < -0.3 is 19.5 Å². The Kier molecular flexibility index (Phi) is 6.74. The number of hydrogen-bond donors (Lipinski definition) is 2. The Labute approximate surface area is 171 Å². The van der Waals surface area contributed by atoms with Gasteiger partial charge in [-0.2, -0.15) is 13.2 Å². The van der Waals surface area contributed by atoms with Crippen LogP contribution in [-0.4, -0.2) is 45.8 Å². The minimum absolute atomic E-state index is 0.0256. The molecule has 0 unspecified atom stereocenters. The van der Waals surface area contributed by atoms with Crippen molar-refractivity contribution in [3.8, 4) is 11.6 Å². The molecule has 2 N–H and O–H groups in total. The van der Waals surface area contributed by atoms with Gasteiger partial charge in [0, 0.05) is 19.4 Å². The number of fused-ring (bicyclic) bond motifs is 1. The highest BCUT2D eigenvalue weighted by Gasteiger charge is 2.31. The van der Waals surface area contributed by atoms with Crippen molar-refractivity contribution in [2.75, 3.05) is 6.61 Å². The van der Waals surface area contributed by atoms with E-state index < -0.39 is 38.0 Å². The van der Waals surface area contributed by atoms with Crippen molar-refractivity contribution in [2.45, 2.75) is 39.0 Å². The molecule has 1 aliphatic rings. The second kappa shape index (κ2) is 9.11. The van der Waals surface area contributed by atoms with Crippen LogP contribution >= 0.6 is 0 Å². The van der Waals surface area contributed by atoms with E-state index >= 15 is 0 Å². The number of ether oxygens (including phenoxy) is 1. The fourth-order valence-electron chi connectivity index (χ4n) is 3.21. The first-order chi connectivity index (χ1) is 14.2. The summed E-state index contributed by atoms with van der Waals surface area (Å²) in [7, 11) is -1.02. The van der Waals surface area contributed by atoms with E-state index in [4.69, 9.17) is 9.39 Å². The number of benzene rings is 1. The molecule has 0 radical (unpaired) electrons. The molecule has 0 aliphatic carbocycles. The standard InChI is InChI=1S/C19H20BF3N2O5/c1-11-16(3-2-13-10-29-20(28)18(11)13)30-17-8-24-14(7-25-17)15(27)6-12(9-26)4-5-19(21,22)23/h2-3,7-8,12,26,28H,4-6,9-10H2,1H3/t12-/m0/s1. The molecule has 1 aromatic heterocycles. The van der Waals surface area contributed by atoms with Gasteiger partial charge in [0.25, 0.3) is 0 Å². The van der Waals surface area contributed by atoms with Crippen molar-refractivity contribution in [1.29, 1.82) is 0 Å². The summed E-state index contributed by atoms with van der Waals surface area (Å²) in [5.41, 5.74) is 2.17. The van der Waals surface area contributed by atoms with Crippen molar-refractivity contribution >= 4 is 18.4 Å². The zero-order valence-corrected chi connectivity index (χ0v) is 16.1. The third-order valence-electron chi connectivity index (χ3n) is 4.90. The maximum Gasteiger partial charge on any atom is 0.492 e. The topological polar surface area (TPSA) is 102 Å². The van der Waals surface area contributed by atoms with Crippen LogP contribution in [0, 0.1) is 12.8 Å². The quantitative estimate of drug-likeness (QED) is 0.496. The average Bonchev–Trinajstić information content (AvgIpc) is 3.08. The number of alkyl halides is 3. The Morgan fingerprint density at radius 1 is 1.33 bits per heavy atom. The smallest absolute Gasteiger partial charge is 0.437 e. The summed E-state index contributed by atoms with van der Waals surface area (Å²) in [5, 5.41) is 19.1. The Bertz CT molecular complexity index is 908. The predicted octanol–water partition coefficient (Wildman–Crippen LogP) is 2.32. The number of aromatic nitrogens is 2. The van der Waals surface area contributed by atoms with Crippen LogP contribution in [0.4, 0.5) is 13.2 Å². The molecule has 160 valence electrons. The summed E-state index contributed by atoms with van der Waals surface area (Å²) in [5.74, 6) is -0.762. The number of hydrogen-bond acceptors (Lipinski definition) is 7. The molecule has 0 spiro atoms. The molecule has 0 fully saturated rings. The van der Waals surface area contributed by atoms with Gasteiger partial charge >= 0.3 is 13.3 Å². The molecule has 1 aromatic carbocycles. The lowest BCUT2D eigenvalue weighted by Gasteiger charge is -2.14. The van der Waals surface area contributed by atoms with Gasteiger partial charge in [0.2, 0.25) is 5.88 Å². The van der Waals surface area contributed by atoms with Gasteiger partial charge in [0.1, 0.15) is 11.4 Å². The molecular formula is C19H20BF3N2O5. The van der Waals surface area contributed by atoms with Gasteiger partial charge in [-0.3, -0.25) is 4.79 Å². The molecule has 0 saturated carbocycles. The van der Waals surface area contributed by atoms with Gasteiger partial charge in [0.05, 0.1) is 19.0 Å². The first-order valence-corrected chi connectivity index (χ1v) is 9.30. The third kappa shape index (κ3) is 5.35. The minimum atomic E-state index is -4.34. The monoisotopic (exact) mass is 424 g/mol. The second-order valence-corrected chi connectivity index (χ2v) is 7.10. The van der Waals surface area contributed by atoms with Crippen LogP contribution in [0.5, 0.6) is 11.6 Å². The molecule has 3 rings (SSSR count). The van der Waals surface area contributed by atoms with Gasteiger partial charge in [-0.25, -0.2) is 9.97 Å². The van der Waals surface area contributed by atoms with Crippen LogP contribution < -0.4 is 10.2 Å². The van der Waals surface area contributed by atoms with Crippen LogP contribution in [0.15, 0.2) is 24.5 Å². The van der Waals surface area contributed by atoms with Crippen LogP contribution in [0.25, 0.3) is 0 Å². The summed E-state index contributed by atoms with van der Waals surface area (Å²) >= 11 is 0. The number of rotatable bonds is 8. The second-order valence-electron chi connectivity index (χ2n) is 7.10. The van der Waals surface area contributed by atoms with E-state index in [-0.39, 0.29) is 24.4 Å². The van der Waals surface area contributed by atoms with Crippen molar-refractivity contribution in [3.05, 3.63) is 41.3 Å². The Balaban J connectivity index is 1.64. The van der Waals surface area contributed by atoms with E-state index in [9.17, 15) is 28.1 Å². The molecule has 0 amide bonds. The first kappa shape index (κ1) is 22.2. The number of carbonyl (C=O) groups excluding carboxylic acids is 1. The fourth-order valence-corrected chi connectivity index (χ4v) is 3.21. The molecular weight excluding hydrogens is 404 g/mol. The van der Waals surface area contributed by atoms with Gasteiger partial charge in [-0.05, 0) is 41.9 Å². The molecule has 2 aromatic rings.